The molecule has 0 spiro atoms. The zero-order valence-electron chi connectivity index (χ0n) is 12.3. The van der Waals surface area contributed by atoms with Gasteiger partial charge in [0, 0.05) is 6.07 Å². The Hall–Kier alpha value is -1.86. The molecule has 0 aliphatic heterocycles. The minimum absolute atomic E-state index is 0.174. The highest BCUT2D eigenvalue weighted by atomic mass is 32.2. The average molecular weight is 333 g/mol. The highest BCUT2D eigenvalue weighted by Gasteiger charge is 2.09. The van der Waals surface area contributed by atoms with Crippen LogP contribution in [0.3, 0.4) is 0 Å². The number of hydrogen-bond acceptors (Lipinski definition) is 6. The Labute approximate surface area is 136 Å². The molecule has 0 atom stereocenters. The molecule has 0 fully saturated rings. The van der Waals surface area contributed by atoms with Crippen LogP contribution in [0.1, 0.15) is 18.2 Å². The highest BCUT2D eigenvalue weighted by Crippen LogP contribution is 2.22. The molecule has 114 valence electrons. The topological polar surface area (TPSA) is 56.5 Å². The van der Waals surface area contributed by atoms with E-state index >= 15 is 0 Å². The molecule has 0 saturated heterocycles. The van der Waals surface area contributed by atoms with Gasteiger partial charge in [-0.2, -0.15) is 4.52 Å². The fourth-order valence-corrected chi connectivity index (χ4v) is 3.74. The Bertz CT molecular complexity index is 840. The van der Waals surface area contributed by atoms with Gasteiger partial charge in [-0.3, -0.25) is 4.79 Å². The Morgan fingerprint density at radius 2 is 2.09 bits per heavy atom. The zero-order chi connectivity index (χ0) is 15.5. The van der Waals surface area contributed by atoms with Crippen molar-refractivity contribution >= 4 is 28.1 Å². The predicted molar refractivity (Wildman–Crippen MR) is 89.0 cm³/mol. The molecule has 0 unspecified atom stereocenters. The standard InChI is InChI=1S/C15H15N3O2S2/c1-3-21-15-17-18-13(19)8-11(16-14(18)22-15)9-20-12-6-4-10(2)5-7-12/h4-8H,3,9H2,1-2H3. The van der Waals surface area contributed by atoms with Gasteiger partial charge in [0.1, 0.15) is 12.4 Å². The second-order valence-corrected chi connectivity index (χ2v) is 7.15. The lowest BCUT2D eigenvalue weighted by Gasteiger charge is -2.05. The molecule has 0 N–H and O–H groups in total. The lowest BCUT2D eigenvalue weighted by atomic mass is 10.2. The smallest absolute Gasteiger partial charge is 0.275 e. The van der Waals surface area contributed by atoms with Gasteiger partial charge >= 0.3 is 0 Å². The molecule has 3 rings (SSSR count). The first-order valence-electron chi connectivity index (χ1n) is 6.88. The molecule has 5 nitrogen and oxygen atoms in total. The van der Waals surface area contributed by atoms with Crippen molar-refractivity contribution in [2.45, 2.75) is 24.8 Å². The van der Waals surface area contributed by atoms with Gasteiger partial charge in [0.15, 0.2) is 4.34 Å². The predicted octanol–water partition coefficient (Wildman–Crippen LogP) is 3.15. The van der Waals surface area contributed by atoms with E-state index in [4.69, 9.17) is 4.74 Å². The maximum atomic E-state index is 12.1. The number of aromatic nitrogens is 3. The first-order valence-corrected chi connectivity index (χ1v) is 8.68. The lowest BCUT2D eigenvalue weighted by Crippen LogP contribution is -2.16. The summed E-state index contributed by atoms with van der Waals surface area (Å²) in [4.78, 5) is 17.1. The van der Waals surface area contributed by atoms with E-state index in [9.17, 15) is 4.79 Å². The summed E-state index contributed by atoms with van der Waals surface area (Å²) in [5.41, 5.74) is 1.62. The molecular formula is C15H15N3O2S2. The van der Waals surface area contributed by atoms with Gasteiger partial charge in [-0.25, -0.2) is 4.98 Å². The quantitative estimate of drug-likeness (QED) is 0.671. The fourth-order valence-electron chi connectivity index (χ4n) is 1.89. The molecule has 22 heavy (non-hydrogen) atoms. The lowest BCUT2D eigenvalue weighted by molar-refractivity contribution is 0.301. The van der Waals surface area contributed by atoms with Crippen LogP contribution in [0.2, 0.25) is 0 Å². The van der Waals surface area contributed by atoms with Gasteiger partial charge in [0.25, 0.3) is 5.56 Å². The normalized spacial score (nSPS) is 11.0. The number of fused-ring (bicyclic) bond motifs is 1. The summed E-state index contributed by atoms with van der Waals surface area (Å²) in [5.74, 6) is 1.68. The largest absolute Gasteiger partial charge is 0.487 e. The molecular weight excluding hydrogens is 318 g/mol. The van der Waals surface area contributed by atoms with Crippen LogP contribution in [0.25, 0.3) is 4.96 Å². The highest BCUT2D eigenvalue weighted by molar-refractivity contribution is 8.01. The first kappa shape index (κ1) is 15.1. The van der Waals surface area contributed by atoms with Gasteiger partial charge in [-0.1, -0.05) is 47.7 Å². The minimum Gasteiger partial charge on any atom is -0.487 e. The van der Waals surface area contributed by atoms with E-state index in [0.717, 1.165) is 15.8 Å². The SMILES string of the molecule is CCSc1nn2c(=O)cc(COc3ccc(C)cc3)nc2s1. The number of ether oxygens (including phenoxy) is 1. The van der Waals surface area contributed by atoms with Crippen molar-refractivity contribution in [3.8, 4) is 5.75 Å². The van der Waals surface area contributed by atoms with E-state index in [-0.39, 0.29) is 12.2 Å². The third-order valence-electron chi connectivity index (χ3n) is 2.96. The summed E-state index contributed by atoms with van der Waals surface area (Å²) in [6, 6.07) is 9.25. The monoisotopic (exact) mass is 333 g/mol. The van der Waals surface area contributed by atoms with E-state index < -0.39 is 0 Å². The van der Waals surface area contributed by atoms with E-state index in [2.05, 4.69) is 10.1 Å². The van der Waals surface area contributed by atoms with Crippen LogP contribution in [0.4, 0.5) is 0 Å². The maximum Gasteiger partial charge on any atom is 0.275 e. The van der Waals surface area contributed by atoms with Crippen LogP contribution in [-0.4, -0.2) is 20.4 Å². The molecule has 2 heterocycles. The Balaban J connectivity index is 1.81. The molecule has 1 aromatic carbocycles. The van der Waals surface area contributed by atoms with E-state index in [1.54, 1.807) is 11.8 Å². The van der Waals surface area contributed by atoms with Crippen LogP contribution in [0.5, 0.6) is 5.75 Å². The van der Waals surface area contributed by atoms with Gasteiger partial charge in [-0.05, 0) is 24.8 Å². The summed E-state index contributed by atoms with van der Waals surface area (Å²) in [6.07, 6.45) is 0. The molecule has 0 aliphatic rings. The maximum absolute atomic E-state index is 12.1. The molecule has 0 bridgehead atoms. The van der Waals surface area contributed by atoms with Crippen LogP contribution in [0, 0.1) is 6.92 Å². The van der Waals surface area contributed by atoms with Crippen LogP contribution in [-0.2, 0) is 6.61 Å². The summed E-state index contributed by atoms with van der Waals surface area (Å²) < 4.78 is 7.87. The van der Waals surface area contributed by atoms with Gasteiger partial charge in [0.05, 0.1) is 5.69 Å². The molecule has 0 radical (unpaired) electrons. The molecule has 7 heteroatoms. The van der Waals surface area contributed by atoms with Gasteiger partial charge in [-0.15, -0.1) is 5.10 Å². The molecule has 0 aliphatic carbocycles. The average Bonchev–Trinajstić information content (AvgIpc) is 2.90. The van der Waals surface area contributed by atoms with Crippen molar-refractivity contribution in [3.05, 3.63) is 51.9 Å². The van der Waals surface area contributed by atoms with E-state index in [1.165, 1.54) is 27.5 Å². The number of hydrogen-bond donors (Lipinski definition) is 0. The second kappa shape index (κ2) is 6.50. The summed E-state index contributed by atoms with van der Waals surface area (Å²) >= 11 is 3.03. The van der Waals surface area contributed by atoms with Gasteiger partial charge in [0.2, 0.25) is 4.96 Å². The zero-order valence-corrected chi connectivity index (χ0v) is 13.9. The molecule has 3 aromatic rings. The molecule has 2 aromatic heterocycles. The molecule has 0 amide bonds. The van der Waals surface area contributed by atoms with E-state index in [0.29, 0.717) is 10.7 Å². The number of benzene rings is 1. The van der Waals surface area contributed by atoms with Crippen molar-refractivity contribution in [1.29, 1.82) is 0 Å². The number of nitrogens with zero attached hydrogens (tertiary/aromatic N) is 3. The van der Waals surface area contributed by atoms with Crippen molar-refractivity contribution in [1.82, 2.24) is 14.6 Å². The number of rotatable bonds is 5. The fraction of sp³-hybridized carbons (Fsp3) is 0.267. The van der Waals surface area contributed by atoms with Crippen LogP contribution >= 0.6 is 23.1 Å². The van der Waals surface area contributed by atoms with Crippen molar-refractivity contribution < 1.29 is 4.74 Å². The Morgan fingerprint density at radius 3 is 2.82 bits per heavy atom. The number of thioether (sulfide) groups is 1. The third-order valence-corrected chi connectivity index (χ3v) is 4.88. The Kier molecular flexibility index (Phi) is 4.44. The third kappa shape index (κ3) is 3.31. The molecule has 0 saturated carbocycles. The number of aryl methyl sites for hydroxylation is 1. The van der Waals surface area contributed by atoms with Crippen molar-refractivity contribution in [2.24, 2.45) is 0 Å². The minimum atomic E-state index is -0.174. The second-order valence-electron chi connectivity index (χ2n) is 4.68. The van der Waals surface area contributed by atoms with Crippen molar-refractivity contribution in [2.75, 3.05) is 5.75 Å². The first-order chi connectivity index (χ1) is 10.7. The van der Waals surface area contributed by atoms with Crippen LogP contribution < -0.4 is 10.3 Å². The summed E-state index contributed by atoms with van der Waals surface area (Å²) in [6.45, 7) is 4.34. The summed E-state index contributed by atoms with van der Waals surface area (Å²) in [7, 11) is 0. The van der Waals surface area contributed by atoms with Crippen LogP contribution in [0.15, 0.2) is 39.5 Å². The van der Waals surface area contributed by atoms with Crippen molar-refractivity contribution in [3.63, 3.8) is 0 Å². The Morgan fingerprint density at radius 1 is 1.32 bits per heavy atom. The van der Waals surface area contributed by atoms with E-state index in [1.807, 2.05) is 38.1 Å². The summed E-state index contributed by atoms with van der Waals surface area (Å²) in [5, 5.41) is 4.25. The van der Waals surface area contributed by atoms with Gasteiger partial charge < -0.3 is 4.74 Å².